The van der Waals surface area contributed by atoms with Gasteiger partial charge in [0.05, 0.1) is 12.0 Å². The van der Waals surface area contributed by atoms with E-state index in [1.165, 1.54) is 33.1 Å². The number of alkyl carbamates (subject to hydrolysis) is 1. The van der Waals surface area contributed by atoms with Crippen LogP contribution in [-0.4, -0.2) is 70.1 Å². The third-order valence-electron chi connectivity index (χ3n) is 6.89. The standard InChI is InChI=1S/C27H29NO11/c1-13-15(9-10-16-18(30)17(24(32)33)25(34)37-20(13)16)21-19(31)22(23(36-3)27(2,12-29)39-21)38-26(35)28-11-14-7-5-4-6-8-14/h4-10,19,21-23,29-31H,11-12H2,1-3H3,(H,28,35)(H,32,33)/t19-,21-,22+,23+,27+/m0/s1. The van der Waals surface area contributed by atoms with E-state index in [0.29, 0.717) is 0 Å². The van der Waals surface area contributed by atoms with Crippen molar-refractivity contribution in [1.29, 1.82) is 0 Å². The number of nitrogens with one attached hydrogen (secondary N) is 1. The molecule has 2 aromatic carbocycles. The van der Waals surface area contributed by atoms with Gasteiger partial charge in [0.2, 0.25) is 0 Å². The van der Waals surface area contributed by atoms with E-state index in [-0.39, 0.29) is 28.6 Å². The highest BCUT2D eigenvalue weighted by Gasteiger charge is 2.54. The molecule has 2 heterocycles. The molecular weight excluding hydrogens is 514 g/mol. The number of benzene rings is 2. The molecule has 1 aliphatic rings. The topological polar surface area (TPSA) is 185 Å². The lowest BCUT2D eigenvalue weighted by Gasteiger charge is -2.49. The number of carboxylic acids is 1. The first-order chi connectivity index (χ1) is 18.5. The van der Waals surface area contributed by atoms with E-state index in [0.717, 1.165) is 5.56 Å². The summed E-state index contributed by atoms with van der Waals surface area (Å²) in [5.74, 6) is -2.41. The fourth-order valence-electron chi connectivity index (χ4n) is 4.85. The van der Waals surface area contributed by atoms with Crippen LogP contribution >= 0.6 is 0 Å². The second-order valence-corrected chi connectivity index (χ2v) is 9.44. The zero-order valence-electron chi connectivity index (χ0n) is 21.4. The Bertz CT molecular complexity index is 1440. The first-order valence-electron chi connectivity index (χ1n) is 12.0. The van der Waals surface area contributed by atoms with Crippen molar-refractivity contribution in [3.63, 3.8) is 0 Å². The fourth-order valence-corrected chi connectivity index (χ4v) is 4.85. The van der Waals surface area contributed by atoms with Crippen LogP contribution in [0.4, 0.5) is 4.79 Å². The molecule has 4 rings (SSSR count). The Labute approximate surface area is 222 Å². The smallest absolute Gasteiger partial charge is 0.407 e. The molecular formula is C27H29NO11. The number of aryl methyl sites for hydroxylation is 1. The average Bonchev–Trinajstić information content (AvgIpc) is 2.91. The molecule has 5 atom stereocenters. The van der Waals surface area contributed by atoms with E-state index in [1.54, 1.807) is 0 Å². The van der Waals surface area contributed by atoms with Crippen LogP contribution in [0.2, 0.25) is 0 Å². The van der Waals surface area contributed by atoms with E-state index in [2.05, 4.69) is 5.32 Å². The fraction of sp³-hybridized carbons (Fsp3) is 0.370. The lowest BCUT2D eigenvalue weighted by molar-refractivity contribution is -0.278. The quantitative estimate of drug-likeness (QED) is 0.275. The van der Waals surface area contributed by atoms with Crippen LogP contribution in [0.15, 0.2) is 51.7 Å². The van der Waals surface area contributed by atoms with Crippen molar-refractivity contribution in [1.82, 2.24) is 5.32 Å². The molecule has 12 heteroatoms. The third kappa shape index (κ3) is 5.19. The van der Waals surface area contributed by atoms with E-state index in [9.17, 15) is 34.8 Å². The van der Waals surface area contributed by atoms with Crippen molar-refractivity contribution in [3.05, 3.63) is 75.1 Å². The second kappa shape index (κ2) is 11.0. The van der Waals surface area contributed by atoms with Crippen molar-refractivity contribution < 1.29 is 48.6 Å². The summed E-state index contributed by atoms with van der Waals surface area (Å²) in [7, 11) is 1.33. The number of carbonyl (C=O) groups excluding carboxylic acids is 1. The molecule has 0 radical (unpaired) electrons. The monoisotopic (exact) mass is 543 g/mol. The summed E-state index contributed by atoms with van der Waals surface area (Å²) in [6.45, 7) is 2.66. The summed E-state index contributed by atoms with van der Waals surface area (Å²) < 4.78 is 22.4. The van der Waals surface area contributed by atoms with Gasteiger partial charge in [-0.25, -0.2) is 14.4 Å². The number of aromatic hydroxyl groups is 1. The van der Waals surface area contributed by atoms with Gasteiger partial charge in [-0.15, -0.1) is 0 Å². The molecule has 208 valence electrons. The zero-order chi connectivity index (χ0) is 28.5. The predicted octanol–water partition coefficient (Wildman–Crippen LogP) is 2.00. The Morgan fingerprint density at radius 2 is 1.85 bits per heavy atom. The van der Waals surface area contributed by atoms with Gasteiger partial charge < -0.3 is 44.4 Å². The molecule has 0 spiro atoms. The van der Waals surface area contributed by atoms with Gasteiger partial charge in [0.25, 0.3) is 0 Å². The zero-order valence-corrected chi connectivity index (χ0v) is 21.4. The lowest BCUT2D eigenvalue weighted by atomic mass is 9.83. The van der Waals surface area contributed by atoms with E-state index >= 15 is 0 Å². The minimum absolute atomic E-state index is 0.0358. The molecule has 1 aliphatic heterocycles. The van der Waals surface area contributed by atoms with Crippen LogP contribution in [0.25, 0.3) is 11.0 Å². The number of hydrogen-bond acceptors (Lipinski definition) is 10. The molecule has 1 aromatic heterocycles. The number of methoxy groups -OCH3 is 1. The van der Waals surface area contributed by atoms with Crippen LogP contribution in [-0.2, 0) is 20.8 Å². The molecule has 1 fully saturated rings. The van der Waals surface area contributed by atoms with Gasteiger partial charge in [-0.05, 0) is 36.6 Å². The normalized spacial score (nSPS) is 24.8. The number of aliphatic hydroxyl groups excluding tert-OH is 2. The van der Waals surface area contributed by atoms with Crippen molar-refractivity contribution in [2.45, 2.75) is 50.4 Å². The minimum atomic E-state index is -1.65. The highest BCUT2D eigenvalue weighted by atomic mass is 16.6. The minimum Gasteiger partial charge on any atom is -0.506 e. The van der Waals surface area contributed by atoms with Gasteiger partial charge in [0.1, 0.15) is 35.2 Å². The van der Waals surface area contributed by atoms with Crippen molar-refractivity contribution in [2.75, 3.05) is 13.7 Å². The first kappa shape index (κ1) is 28.0. The number of rotatable bonds is 7. The maximum Gasteiger partial charge on any atom is 0.407 e. The predicted molar refractivity (Wildman–Crippen MR) is 136 cm³/mol. The van der Waals surface area contributed by atoms with E-state index in [1.807, 2.05) is 30.3 Å². The van der Waals surface area contributed by atoms with E-state index < -0.39 is 65.6 Å². The highest BCUT2D eigenvalue weighted by molar-refractivity contribution is 5.98. The summed E-state index contributed by atoms with van der Waals surface area (Å²) in [4.78, 5) is 36.4. The summed E-state index contributed by atoms with van der Waals surface area (Å²) in [5.41, 5.74) is -2.36. The van der Waals surface area contributed by atoms with Crippen LogP contribution < -0.4 is 10.9 Å². The Balaban J connectivity index is 1.70. The Morgan fingerprint density at radius 3 is 2.46 bits per heavy atom. The Morgan fingerprint density at radius 1 is 1.15 bits per heavy atom. The molecule has 1 saturated heterocycles. The lowest BCUT2D eigenvalue weighted by Crippen LogP contribution is -2.64. The number of amides is 1. The number of aromatic carboxylic acids is 1. The Hall–Kier alpha value is -3.97. The summed E-state index contributed by atoms with van der Waals surface area (Å²) in [5, 5.41) is 43.8. The number of aliphatic hydroxyl groups is 2. The number of carboxylic acid groups (broad SMARTS) is 1. The molecule has 0 saturated carbocycles. The highest BCUT2D eigenvalue weighted by Crippen LogP contribution is 2.43. The molecule has 39 heavy (non-hydrogen) atoms. The van der Waals surface area contributed by atoms with Crippen molar-refractivity contribution in [3.8, 4) is 5.75 Å². The summed E-state index contributed by atoms with van der Waals surface area (Å²) >= 11 is 0. The first-order valence-corrected chi connectivity index (χ1v) is 12.0. The number of ether oxygens (including phenoxy) is 3. The van der Waals surface area contributed by atoms with Gasteiger partial charge in [-0.1, -0.05) is 36.4 Å². The van der Waals surface area contributed by atoms with Crippen molar-refractivity contribution in [2.24, 2.45) is 0 Å². The molecule has 0 unspecified atom stereocenters. The van der Waals surface area contributed by atoms with Gasteiger partial charge in [0.15, 0.2) is 11.7 Å². The number of carbonyl (C=O) groups is 2. The number of fused-ring (bicyclic) bond motifs is 1. The maximum absolute atomic E-state index is 12.7. The van der Waals surface area contributed by atoms with Crippen LogP contribution in [0.3, 0.4) is 0 Å². The molecule has 0 aliphatic carbocycles. The second-order valence-electron chi connectivity index (χ2n) is 9.44. The molecule has 3 aromatic rings. The van der Waals surface area contributed by atoms with Gasteiger partial charge in [-0.3, -0.25) is 0 Å². The summed E-state index contributed by atoms with van der Waals surface area (Å²) in [6.07, 6.45) is -5.93. The van der Waals surface area contributed by atoms with Gasteiger partial charge >= 0.3 is 17.7 Å². The maximum atomic E-state index is 12.7. The van der Waals surface area contributed by atoms with Gasteiger partial charge in [0, 0.05) is 13.7 Å². The van der Waals surface area contributed by atoms with Crippen LogP contribution in [0.1, 0.15) is 40.1 Å². The molecule has 12 nitrogen and oxygen atoms in total. The SMILES string of the molecule is CO[C@@H]1[C@H](OC(=O)NCc2ccccc2)[C@@H](O)[C@H](c2ccc3c(O)c(C(=O)O)c(=O)oc3c2C)O[C@]1(C)CO. The molecule has 5 N–H and O–H groups in total. The van der Waals surface area contributed by atoms with Crippen molar-refractivity contribution >= 4 is 23.0 Å². The largest absolute Gasteiger partial charge is 0.506 e. The van der Waals surface area contributed by atoms with Crippen LogP contribution in [0.5, 0.6) is 5.75 Å². The average molecular weight is 544 g/mol. The summed E-state index contributed by atoms with van der Waals surface area (Å²) in [6, 6.07) is 11.9. The molecule has 0 bridgehead atoms. The molecule has 1 amide bonds. The third-order valence-corrected chi connectivity index (χ3v) is 6.89. The van der Waals surface area contributed by atoms with Gasteiger partial charge in [-0.2, -0.15) is 0 Å². The van der Waals surface area contributed by atoms with Crippen LogP contribution in [0, 0.1) is 6.92 Å². The Kier molecular flexibility index (Phi) is 7.93. The number of hydrogen-bond donors (Lipinski definition) is 5. The van der Waals surface area contributed by atoms with E-state index in [4.69, 9.17) is 18.6 Å².